The molecular formula is C23H27N5O2S. The van der Waals surface area contributed by atoms with Gasteiger partial charge in [-0.1, -0.05) is 23.5 Å². The number of aromatic nitrogens is 4. The Balaban J connectivity index is 1.24. The van der Waals surface area contributed by atoms with Crippen LogP contribution in [-0.2, 0) is 16.0 Å². The Bertz CT molecular complexity index is 1070. The molecule has 1 saturated carbocycles. The molecule has 5 rings (SSSR count). The van der Waals surface area contributed by atoms with Gasteiger partial charge < -0.3 is 4.74 Å². The van der Waals surface area contributed by atoms with Gasteiger partial charge in [0.15, 0.2) is 0 Å². The van der Waals surface area contributed by atoms with Crippen LogP contribution in [0.3, 0.4) is 0 Å². The molecule has 2 aliphatic rings. The summed E-state index contributed by atoms with van der Waals surface area (Å²) in [6.07, 6.45) is 6.25. The van der Waals surface area contributed by atoms with Crippen molar-refractivity contribution in [1.29, 1.82) is 0 Å². The van der Waals surface area contributed by atoms with Gasteiger partial charge in [0.25, 0.3) is 0 Å². The number of carbonyl (C=O) groups is 1. The summed E-state index contributed by atoms with van der Waals surface area (Å²) < 4.78 is 5.46. The zero-order valence-electron chi connectivity index (χ0n) is 17.8. The molecule has 1 aliphatic carbocycles. The van der Waals surface area contributed by atoms with Crippen LogP contribution in [0, 0.1) is 12.8 Å². The predicted octanol–water partition coefficient (Wildman–Crippen LogP) is 3.46. The van der Waals surface area contributed by atoms with E-state index in [9.17, 15) is 4.79 Å². The average Bonchev–Trinajstić information content (AvgIpc) is 3.25. The van der Waals surface area contributed by atoms with E-state index in [-0.39, 0.29) is 11.7 Å². The molecule has 31 heavy (non-hydrogen) atoms. The molecule has 2 aromatic heterocycles. The first-order chi connectivity index (χ1) is 15.2. The van der Waals surface area contributed by atoms with Gasteiger partial charge in [0.2, 0.25) is 0 Å². The van der Waals surface area contributed by atoms with Crippen LogP contribution in [0.4, 0.5) is 0 Å². The molecule has 3 heterocycles. The average molecular weight is 438 g/mol. The van der Waals surface area contributed by atoms with Gasteiger partial charge in [0, 0.05) is 42.2 Å². The van der Waals surface area contributed by atoms with Crippen LogP contribution in [0.2, 0.25) is 0 Å². The van der Waals surface area contributed by atoms with Crippen molar-refractivity contribution in [1.82, 2.24) is 25.1 Å². The van der Waals surface area contributed by atoms with E-state index in [1.165, 1.54) is 0 Å². The van der Waals surface area contributed by atoms with Gasteiger partial charge in [-0.25, -0.2) is 9.97 Å². The van der Waals surface area contributed by atoms with Gasteiger partial charge in [-0.2, -0.15) is 0 Å². The smallest absolute Gasteiger partial charge is 0.147 e. The van der Waals surface area contributed by atoms with Crippen molar-refractivity contribution >= 4 is 28.0 Å². The molecule has 8 heteroatoms. The number of hydrogen-bond acceptors (Lipinski definition) is 8. The summed E-state index contributed by atoms with van der Waals surface area (Å²) in [5, 5.41) is 11.1. The monoisotopic (exact) mass is 437 g/mol. The number of ketones is 1. The van der Waals surface area contributed by atoms with E-state index in [0.29, 0.717) is 18.3 Å². The van der Waals surface area contributed by atoms with Crippen molar-refractivity contribution in [3.63, 3.8) is 0 Å². The number of Topliss-reactive ketones (excluding diaryl/α,β-unsaturated/α-hetero) is 1. The van der Waals surface area contributed by atoms with E-state index < -0.39 is 0 Å². The lowest BCUT2D eigenvalue weighted by Gasteiger charge is -2.38. The van der Waals surface area contributed by atoms with Gasteiger partial charge in [0.05, 0.1) is 25.2 Å². The Labute approximate surface area is 185 Å². The second kappa shape index (κ2) is 9.06. The first kappa shape index (κ1) is 20.6. The van der Waals surface area contributed by atoms with Crippen LogP contribution in [0.25, 0.3) is 21.5 Å². The van der Waals surface area contributed by atoms with Crippen molar-refractivity contribution < 1.29 is 9.53 Å². The fourth-order valence-corrected chi connectivity index (χ4v) is 5.39. The minimum atomic E-state index is 0.132. The zero-order chi connectivity index (χ0) is 21.2. The third-order valence-electron chi connectivity index (χ3n) is 6.45. The summed E-state index contributed by atoms with van der Waals surface area (Å²) in [4.78, 5) is 24.6. The number of aryl methyl sites for hydroxylation is 1. The maximum Gasteiger partial charge on any atom is 0.147 e. The van der Waals surface area contributed by atoms with Crippen molar-refractivity contribution in [2.24, 2.45) is 5.92 Å². The second-order valence-electron chi connectivity index (χ2n) is 8.48. The topological polar surface area (TPSA) is 81.1 Å². The normalized spacial score (nSPS) is 22.6. The summed E-state index contributed by atoms with van der Waals surface area (Å²) in [6.45, 7) is 5.65. The minimum Gasteiger partial charge on any atom is -0.379 e. The van der Waals surface area contributed by atoms with Crippen LogP contribution in [-0.4, -0.2) is 63.2 Å². The van der Waals surface area contributed by atoms with Gasteiger partial charge >= 0.3 is 0 Å². The third-order valence-corrected chi connectivity index (χ3v) is 7.34. The first-order valence-corrected chi connectivity index (χ1v) is 11.9. The molecule has 0 unspecified atom stereocenters. The number of carbonyl (C=O) groups excluding carboxylic acids is 1. The molecular weight excluding hydrogens is 410 g/mol. The molecule has 1 aliphatic heterocycles. The van der Waals surface area contributed by atoms with Gasteiger partial charge in [-0.3, -0.25) is 9.69 Å². The lowest BCUT2D eigenvalue weighted by Crippen LogP contribution is -2.45. The molecule has 0 radical (unpaired) electrons. The second-order valence-corrected chi connectivity index (χ2v) is 9.66. The number of benzene rings is 1. The molecule has 7 nitrogen and oxygen atoms in total. The number of morpholine rings is 1. The van der Waals surface area contributed by atoms with Crippen LogP contribution in [0.15, 0.2) is 24.4 Å². The lowest BCUT2D eigenvalue weighted by molar-refractivity contribution is -0.123. The van der Waals surface area contributed by atoms with Gasteiger partial charge in [0.1, 0.15) is 21.6 Å². The molecule has 2 fully saturated rings. The molecule has 3 aromatic rings. The quantitative estimate of drug-likeness (QED) is 0.605. The number of fused-ring (bicyclic) bond motifs is 1. The highest BCUT2D eigenvalue weighted by atomic mass is 32.1. The van der Waals surface area contributed by atoms with Crippen molar-refractivity contribution in [3.8, 4) is 10.6 Å². The van der Waals surface area contributed by atoms with E-state index in [0.717, 1.165) is 78.5 Å². The van der Waals surface area contributed by atoms with Crippen molar-refractivity contribution in [3.05, 3.63) is 35.2 Å². The standard InChI is InChI=1S/C23H27N5O2S/c1-15-26-27-23(31-15)17-2-3-18-14-24-22(25-20(18)12-17)13-21(29)16-4-6-19(7-5-16)28-8-10-30-11-9-28/h2-3,12,14,16,19H,4-11,13H2,1H3. The largest absolute Gasteiger partial charge is 0.379 e. The van der Waals surface area contributed by atoms with Crippen LogP contribution < -0.4 is 0 Å². The number of nitrogens with zero attached hydrogens (tertiary/aromatic N) is 5. The molecule has 162 valence electrons. The molecule has 0 N–H and O–H groups in total. The Kier molecular flexibility index (Phi) is 6.02. The SMILES string of the molecule is Cc1nnc(-c2ccc3cnc(CC(=O)C4CCC(N5CCOCC5)CC4)nc3c2)s1. The predicted molar refractivity (Wildman–Crippen MR) is 120 cm³/mol. The highest BCUT2D eigenvalue weighted by Crippen LogP contribution is 2.30. The molecule has 1 aromatic carbocycles. The Morgan fingerprint density at radius 3 is 2.71 bits per heavy atom. The Morgan fingerprint density at radius 2 is 1.97 bits per heavy atom. The van der Waals surface area contributed by atoms with Crippen LogP contribution >= 0.6 is 11.3 Å². The first-order valence-electron chi connectivity index (χ1n) is 11.1. The van der Waals surface area contributed by atoms with Crippen LogP contribution in [0.1, 0.15) is 36.5 Å². The molecule has 0 bridgehead atoms. The lowest BCUT2D eigenvalue weighted by atomic mass is 9.82. The molecule has 0 amide bonds. The summed E-state index contributed by atoms with van der Waals surface area (Å²) in [6, 6.07) is 6.63. The van der Waals surface area contributed by atoms with Gasteiger partial charge in [-0.15, -0.1) is 10.2 Å². The highest BCUT2D eigenvalue weighted by molar-refractivity contribution is 7.14. The number of hydrogen-bond donors (Lipinski definition) is 0. The number of rotatable bonds is 5. The van der Waals surface area contributed by atoms with Crippen molar-refractivity contribution in [2.45, 2.75) is 45.1 Å². The maximum absolute atomic E-state index is 12.9. The summed E-state index contributed by atoms with van der Waals surface area (Å²) in [5.41, 5.74) is 1.84. The van der Waals surface area contributed by atoms with E-state index in [4.69, 9.17) is 9.72 Å². The maximum atomic E-state index is 12.9. The van der Waals surface area contributed by atoms with E-state index in [1.54, 1.807) is 11.3 Å². The van der Waals surface area contributed by atoms with E-state index in [2.05, 4.69) is 20.1 Å². The Morgan fingerprint density at radius 1 is 1.16 bits per heavy atom. The third kappa shape index (κ3) is 4.66. The fraction of sp³-hybridized carbons (Fsp3) is 0.522. The Hall–Kier alpha value is -2.29. The minimum absolute atomic E-state index is 0.132. The zero-order valence-corrected chi connectivity index (χ0v) is 18.6. The summed E-state index contributed by atoms with van der Waals surface area (Å²) in [5.74, 6) is 1.02. The molecule has 0 atom stereocenters. The summed E-state index contributed by atoms with van der Waals surface area (Å²) >= 11 is 1.56. The fourth-order valence-electron chi connectivity index (χ4n) is 4.70. The number of ether oxygens (including phenoxy) is 1. The van der Waals surface area contributed by atoms with Gasteiger partial charge in [-0.05, 0) is 38.7 Å². The van der Waals surface area contributed by atoms with Crippen molar-refractivity contribution in [2.75, 3.05) is 26.3 Å². The van der Waals surface area contributed by atoms with E-state index in [1.807, 2.05) is 31.3 Å². The van der Waals surface area contributed by atoms with Crippen LogP contribution in [0.5, 0.6) is 0 Å². The van der Waals surface area contributed by atoms with E-state index >= 15 is 0 Å². The summed E-state index contributed by atoms with van der Waals surface area (Å²) in [7, 11) is 0. The highest BCUT2D eigenvalue weighted by Gasteiger charge is 2.30. The molecule has 1 saturated heterocycles. The molecule has 0 spiro atoms.